The molecule has 0 bridgehead atoms. The van der Waals surface area contributed by atoms with Crippen molar-refractivity contribution >= 4 is 17.6 Å². The van der Waals surface area contributed by atoms with Crippen molar-refractivity contribution in [2.75, 3.05) is 11.9 Å². The Balaban J connectivity index is 1.64. The first-order valence-electron chi connectivity index (χ1n) is 8.32. The smallest absolute Gasteiger partial charge is 0.331 e. The summed E-state index contributed by atoms with van der Waals surface area (Å²) in [6, 6.07) is 9.56. The van der Waals surface area contributed by atoms with Gasteiger partial charge in [-0.1, -0.05) is 30.3 Å². The van der Waals surface area contributed by atoms with Crippen molar-refractivity contribution in [2.24, 2.45) is 0 Å². The van der Waals surface area contributed by atoms with Gasteiger partial charge in [0.1, 0.15) is 6.33 Å². The third-order valence-electron chi connectivity index (χ3n) is 3.88. The van der Waals surface area contributed by atoms with Crippen LogP contribution in [0.1, 0.15) is 11.6 Å². The van der Waals surface area contributed by atoms with Gasteiger partial charge in [0.2, 0.25) is 0 Å². The lowest BCUT2D eigenvalue weighted by Gasteiger charge is -2.15. The lowest BCUT2D eigenvalue weighted by atomic mass is 10.1. The molecular formula is C18H14F3N5O3. The van der Waals surface area contributed by atoms with Gasteiger partial charge < -0.3 is 10.1 Å². The van der Waals surface area contributed by atoms with E-state index in [1.54, 1.807) is 24.3 Å². The van der Waals surface area contributed by atoms with Crippen LogP contribution in [-0.2, 0) is 20.7 Å². The van der Waals surface area contributed by atoms with Gasteiger partial charge in [-0.2, -0.15) is 0 Å². The number of anilines is 1. The van der Waals surface area contributed by atoms with Gasteiger partial charge in [0.05, 0.1) is 5.69 Å². The number of halogens is 3. The number of aromatic nitrogens is 4. The van der Waals surface area contributed by atoms with Crippen molar-refractivity contribution in [3.63, 3.8) is 0 Å². The highest BCUT2D eigenvalue weighted by Gasteiger charge is 2.25. The summed E-state index contributed by atoms with van der Waals surface area (Å²) < 4.78 is 45.9. The third kappa shape index (κ3) is 4.94. The van der Waals surface area contributed by atoms with Gasteiger partial charge in [-0.15, -0.1) is 5.10 Å². The molecule has 11 heteroatoms. The summed E-state index contributed by atoms with van der Waals surface area (Å²) in [5.74, 6) is -6.40. The lowest BCUT2D eigenvalue weighted by Crippen LogP contribution is -2.28. The fourth-order valence-corrected chi connectivity index (χ4v) is 2.47. The van der Waals surface area contributed by atoms with Crippen LogP contribution in [0, 0.1) is 17.5 Å². The van der Waals surface area contributed by atoms with Crippen LogP contribution in [0.4, 0.5) is 18.9 Å². The lowest BCUT2D eigenvalue weighted by molar-refractivity contribution is -0.151. The van der Waals surface area contributed by atoms with Gasteiger partial charge in [0.15, 0.2) is 30.1 Å². The molecule has 1 atom stereocenters. The number of nitrogens with zero attached hydrogens (tertiary/aromatic N) is 4. The van der Waals surface area contributed by atoms with Gasteiger partial charge in [-0.25, -0.2) is 22.6 Å². The highest BCUT2D eigenvalue weighted by Crippen LogP contribution is 2.20. The highest BCUT2D eigenvalue weighted by molar-refractivity contribution is 5.93. The first-order chi connectivity index (χ1) is 14.0. The number of ether oxygens (including phenoxy) is 1. The number of carbonyl (C=O) groups is 2. The Hall–Kier alpha value is -3.76. The molecule has 2 aromatic carbocycles. The SMILES string of the molecule is O=C(COC(=O)[C@H](Cc1ccccc1)n1cnnn1)Nc1ccc(F)c(F)c1F. The molecule has 150 valence electrons. The van der Waals surface area contributed by atoms with Crippen LogP contribution >= 0.6 is 0 Å². The summed E-state index contributed by atoms with van der Waals surface area (Å²) in [6.07, 6.45) is 1.43. The average Bonchev–Trinajstić information content (AvgIpc) is 3.26. The van der Waals surface area contributed by atoms with E-state index in [2.05, 4.69) is 15.5 Å². The quantitative estimate of drug-likeness (QED) is 0.477. The van der Waals surface area contributed by atoms with E-state index in [1.165, 1.54) is 11.0 Å². The van der Waals surface area contributed by atoms with E-state index >= 15 is 0 Å². The van der Waals surface area contributed by atoms with Crippen LogP contribution < -0.4 is 5.32 Å². The van der Waals surface area contributed by atoms with Gasteiger partial charge in [-0.05, 0) is 28.1 Å². The van der Waals surface area contributed by atoms with Crippen molar-refractivity contribution in [1.29, 1.82) is 0 Å². The molecule has 0 saturated heterocycles. The Morgan fingerprint density at radius 2 is 1.83 bits per heavy atom. The van der Waals surface area contributed by atoms with Crippen LogP contribution in [0.3, 0.4) is 0 Å². The van der Waals surface area contributed by atoms with Crippen LogP contribution in [0.5, 0.6) is 0 Å². The molecule has 0 aliphatic heterocycles. The number of carbonyl (C=O) groups excluding carboxylic acids is 2. The monoisotopic (exact) mass is 405 g/mol. The summed E-state index contributed by atoms with van der Waals surface area (Å²) >= 11 is 0. The molecular weight excluding hydrogens is 391 g/mol. The second-order valence-electron chi connectivity index (χ2n) is 5.87. The number of hydrogen-bond acceptors (Lipinski definition) is 6. The van der Waals surface area contributed by atoms with E-state index in [1.807, 2.05) is 11.4 Å². The fourth-order valence-electron chi connectivity index (χ4n) is 2.47. The van der Waals surface area contributed by atoms with Gasteiger partial charge >= 0.3 is 5.97 Å². The maximum absolute atomic E-state index is 13.6. The molecule has 0 unspecified atom stereocenters. The third-order valence-corrected chi connectivity index (χ3v) is 3.88. The summed E-state index contributed by atoms with van der Waals surface area (Å²) in [5, 5.41) is 12.7. The van der Waals surface area contributed by atoms with Crippen LogP contribution in [0.2, 0.25) is 0 Å². The molecule has 3 aromatic rings. The minimum absolute atomic E-state index is 0.199. The molecule has 1 heterocycles. The molecule has 3 rings (SSSR count). The molecule has 0 aliphatic rings. The molecule has 0 aliphatic carbocycles. The second-order valence-corrected chi connectivity index (χ2v) is 5.87. The van der Waals surface area contributed by atoms with Crippen molar-refractivity contribution in [3.05, 3.63) is 71.8 Å². The van der Waals surface area contributed by atoms with Gasteiger partial charge in [-0.3, -0.25) is 4.79 Å². The number of benzene rings is 2. The highest BCUT2D eigenvalue weighted by atomic mass is 19.2. The summed E-state index contributed by atoms with van der Waals surface area (Å²) in [4.78, 5) is 24.4. The van der Waals surface area contributed by atoms with Crippen molar-refractivity contribution in [3.8, 4) is 0 Å². The number of amides is 1. The van der Waals surface area contributed by atoms with Crippen LogP contribution in [0.25, 0.3) is 0 Å². The van der Waals surface area contributed by atoms with Crippen molar-refractivity contribution < 1.29 is 27.5 Å². The Morgan fingerprint density at radius 1 is 1.07 bits per heavy atom. The number of esters is 1. The molecule has 1 amide bonds. The Morgan fingerprint density at radius 3 is 2.52 bits per heavy atom. The van der Waals surface area contributed by atoms with E-state index < -0.39 is 47.7 Å². The fraction of sp³-hybridized carbons (Fsp3) is 0.167. The van der Waals surface area contributed by atoms with Gasteiger partial charge in [0, 0.05) is 6.42 Å². The van der Waals surface area contributed by atoms with Crippen LogP contribution in [0.15, 0.2) is 48.8 Å². The number of hydrogen-bond donors (Lipinski definition) is 1. The minimum Gasteiger partial charge on any atom is -0.454 e. The molecule has 29 heavy (non-hydrogen) atoms. The normalized spacial score (nSPS) is 11.7. The minimum atomic E-state index is -1.72. The summed E-state index contributed by atoms with van der Waals surface area (Å²) in [6.45, 7) is -0.773. The maximum Gasteiger partial charge on any atom is 0.331 e. The Kier molecular flexibility index (Phi) is 6.17. The predicted octanol–water partition coefficient (Wildman–Crippen LogP) is 2.06. The Bertz CT molecular complexity index is 999. The van der Waals surface area contributed by atoms with Crippen LogP contribution in [-0.4, -0.2) is 38.7 Å². The molecule has 0 fully saturated rings. The summed E-state index contributed by atoms with van der Waals surface area (Å²) in [5.41, 5.74) is 0.226. The first kappa shape index (κ1) is 20.0. The molecule has 1 aromatic heterocycles. The van der Waals surface area contributed by atoms with E-state index in [4.69, 9.17) is 4.74 Å². The molecule has 0 saturated carbocycles. The van der Waals surface area contributed by atoms with E-state index in [0.29, 0.717) is 6.07 Å². The maximum atomic E-state index is 13.6. The zero-order valence-corrected chi connectivity index (χ0v) is 14.8. The first-order valence-corrected chi connectivity index (χ1v) is 8.32. The standard InChI is InChI=1S/C18H14F3N5O3/c19-12-6-7-13(17(21)16(12)20)23-15(27)9-29-18(28)14(26-10-22-24-25-26)8-11-4-2-1-3-5-11/h1-7,10,14H,8-9H2,(H,23,27)/t14-/m0/s1. The Labute approximate surface area is 162 Å². The molecule has 8 nitrogen and oxygen atoms in total. The largest absolute Gasteiger partial charge is 0.454 e. The molecule has 0 spiro atoms. The topological polar surface area (TPSA) is 99.0 Å². The second kappa shape index (κ2) is 8.95. The van der Waals surface area contributed by atoms with Crippen molar-refractivity contribution in [1.82, 2.24) is 20.2 Å². The zero-order valence-electron chi connectivity index (χ0n) is 14.8. The van der Waals surface area contributed by atoms with E-state index in [9.17, 15) is 22.8 Å². The van der Waals surface area contributed by atoms with Gasteiger partial charge in [0.25, 0.3) is 5.91 Å². The van der Waals surface area contributed by atoms with E-state index in [0.717, 1.165) is 11.6 Å². The van der Waals surface area contributed by atoms with Crippen molar-refractivity contribution in [2.45, 2.75) is 12.5 Å². The molecule has 1 N–H and O–H groups in total. The number of nitrogens with one attached hydrogen (secondary N) is 1. The zero-order chi connectivity index (χ0) is 20.8. The summed E-state index contributed by atoms with van der Waals surface area (Å²) in [7, 11) is 0. The van der Waals surface area contributed by atoms with E-state index in [-0.39, 0.29) is 6.42 Å². The number of rotatable bonds is 7. The number of tetrazole rings is 1. The average molecular weight is 405 g/mol. The molecule has 0 radical (unpaired) electrons. The predicted molar refractivity (Wildman–Crippen MR) is 92.9 cm³/mol.